The second kappa shape index (κ2) is 6.55. The smallest absolute Gasteiger partial charge is 0.308 e. The molecule has 18 heavy (non-hydrogen) atoms. The zero-order valence-corrected chi connectivity index (χ0v) is 12.5. The fourth-order valence-electron chi connectivity index (χ4n) is 2.61. The van der Waals surface area contributed by atoms with E-state index >= 15 is 0 Å². The molecule has 0 bridgehead atoms. The van der Waals surface area contributed by atoms with E-state index in [1.807, 2.05) is 20.8 Å². The molecule has 0 aromatic heterocycles. The molecule has 0 aromatic carbocycles. The van der Waals surface area contributed by atoms with Gasteiger partial charge in [-0.05, 0) is 45.4 Å². The lowest BCUT2D eigenvalue weighted by molar-refractivity contribution is -0.156. The molecule has 3 heteroatoms. The SMILES string of the molecule is CC(C)[C@@H]1CCC[C@H]1OCCC(=O)OC(C)(C)C. The van der Waals surface area contributed by atoms with E-state index < -0.39 is 5.60 Å². The molecule has 1 rings (SSSR count). The fourth-order valence-corrected chi connectivity index (χ4v) is 2.61. The first-order chi connectivity index (χ1) is 8.29. The summed E-state index contributed by atoms with van der Waals surface area (Å²) in [6.07, 6.45) is 4.34. The van der Waals surface area contributed by atoms with Crippen LogP contribution in [-0.4, -0.2) is 24.3 Å². The summed E-state index contributed by atoms with van der Waals surface area (Å²) in [5.74, 6) is 1.16. The molecule has 0 aromatic rings. The molecule has 0 aliphatic heterocycles. The van der Waals surface area contributed by atoms with E-state index in [4.69, 9.17) is 9.47 Å². The van der Waals surface area contributed by atoms with Crippen molar-refractivity contribution >= 4 is 5.97 Å². The second-order valence-corrected chi connectivity index (χ2v) is 6.58. The van der Waals surface area contributed by atoms with Crippen molar-refractivity contribution in [2.24, 2.45) is 11.8 Å². The molecule has 1 aliphatic carbocycles. The second-order valence-electron chi connectivity index (χ2n) is 6.58. The summed E-state index contributed by atoms with van der Waals surface area (Å²) >= 11 is 0. The Balaban J connectivity index is 2.23. The number of hydrogen-bond acceptors (Lipinski definition) is 3. The van der Waals surface area contributed by atoms with Gasteiger partial charge in [-0.3, -0.25) is 4.79 Å². The van der Waals surface area contributed by atoms with Crippen LogP contribution in [0.2, 0.25) is 0 Å². The normalized spacial score (nSPS) is 24.6. The average molecular weight is 256 g/mol. The van der Waals surface area contributed by atoms with Crippen molar-refractivity contribution in [3.05, 3.63) is 0 Å². The Kier molecular flexibility index (Phi) is 5.64. The largest absolute Gasteiger partial charge is 0.460 e. The molecule has 0 heterocycles. The monoisotopic (exact) mass is 256 g/mol. The van der Waals surface area contributed by atoms with E-state index in [2.05, 4.69) is 13.8 Å². The summed E-state index contributed by atoms with van der Waals surface area (Å²) in [5, 5.41) is 0. The van der Waals surface area contributed by atoms with Gasteiger partial charge in [-0.2, -0.15) is 0 Å². The molecule has 1 saturated carbocycles. The highest BCUT2D eigenvalue weighted by molar-refractivity contribution is 5.69. The molecule has 0 radical (unpaired) electrons. The van der Waals surface area contributed by atoms with Crippen LogP contribution in [0, 0.1) is 11.8 Å². The quantitative estimate of drug-likeness (QED) is 0.706. The Morgan fingerprint density at radius 1 is 1.28 bits per heavy atom. The first-order valence-corrected chi connectivity index (χ1v) is 7.13. The summed E-state index contributed by atoms with van der Waals surface area (Å²) in [6, 6.07) is 0. The Morgan fingerprint density at radius 3 is 2.50 bits per heavy atom. The predicted molar refractivity (Wildman–Crippen MR) is 72.4 cm³/mol. The highest BCUT2D eigenvalue weighted by atomic mass is 16.6. The van der Waals surface area contributed by atoms with Crippen LogP contribution in [0.15, 0.2) is 0 Å². The molecule has 0 saturated heterocycles. The molecular weight excluding hydrogens is 228 g/mol. The minimum absolute atomic E-state index is 0.165. The van der Waals surface area contributed by atoms with E-state index in [1.165, 1.54) is 12.8 Å². The number of ether oxygens (including phenoxy) is 2. The summed E-state index contributed by atoms with van der Waals surface area (Å²) in [4.78, 5) is 11.5. The van der Waals surface area contributed by atoms with Crippen LogP contribution in [0.4, 0.5) is 0 Å². The van der Waals surface area contributed by atoms with Crippen LogP contribution >= 0.6 is 0 Å². The van der Waals surface area contributed by atoms with Gasteiger partial charge < -0.3 is 9.47 Å². The molecule has 0 amide bonds. The van der Waals surface area contributed by atoms with Gasteiger partial charge in [0.2, 0.25) is 0 Å². The lowest BCUT2D eigenvalue weighted by atomic mass is 9.92. The minimum atomic E-state index is -0.398. The number of rotatable bonds is 5. The number of carbonyl (C=O) groups is 1. The molecule has 1 aliphatic rings. The van der Waals surface area contributed by atoms with Gasteiger partial charge in [-0.15, -0.1) is 0 Å². The highest BCUT2D eigenvalue weighted by Crippen LogP contribution is 2.33. The van der Waals surface area contributed by atoms with Gasteiger partial charge >= 0.3 is 5.97 Å². The van der Waals surface area contributed by atoms with Gasteiger partial charge in [-0.1, -0.05) is 20.3 Å². The van der Waals surface area contributed by atoms with E-state index in [1.54, 1.807) is 0 Å². The third-order valence-electron chi connectivity index (χ3n) is 3.42. The van der Waals surface area contributed by atoms with Gasteiger partial charge in [0.1, 0.15) is 5.60 Å². The maximum atomic E-state index is 11.5. The third kappa shape index (κ3) is 5.38. The van der Waals surface area contributed by atoms with Gasteiger partial charge in [0.05, 0.1) is 19.1 Å². The summed E-state index contributed by atoms with van der Waals surface area (Å²) < 4.78 is 11.1. The summed E-state index contributed by atoms with van der Waals surface area (Å²) in [5.41, 5.74) is -0.398. The van der Waals surface area contributed by atoms with Crippen LogP contribution < -0.4 is 0 Å². The topological polar surface area (TPSA) is 35.5 Å². The summed E-state index contributed by atoms with van der Waals surface area (Å²) in [6.45, 7) is 10.6. The van der Waals surface area contributed by atoms with Crippen LogP contribution in [0.25, 0.3) is 0 Å². The van der Waals surface area contributed by atoms with Gasteiger partial charge in [0.15, 0.2) is 0 Å². The Labute approximate surface area is 111 Å². The van der Waals surface area contributed by atoms with E-state index in [9.17, 15) is 4.79 Å². The molecule has 106 valence electrons. The lowest BCUT2D eigenvalue weighted by Crippen LogP contribution is -2.27. The van der Waals surface area contributed by atoms with Gasteiger partial charge in [0.25, 0.3) is 0 Å². The van der Waals surface area contributed by atoms with Crippen LogP contribution in [0.3, 0.4) is 0 Å². The molecule has 2 atom stereocenters. The van der Waals surface area contributed by atoms with Crippen molar-refractivity contribution in [3.63, 3.8) is 0 Å². The van der Waals surface area contributed by atoms with E-state index in [0.717, 1.165) is 6.42 Å². The number of esters is 1. The molecule has 0 spiro atoms. The zero-order chi connectivity index (χ0) is 13.8. The van der Waals surface area contributed by atoms with Crippen molar-refractivity contribution < 1.29 is 14.3 Å². The first kappa shape index (κ1) is 15.5. The minimum Gasteiger partial charge on any atom is -0.460 e. The Hall–Kier alpha value is -0.570. The van der Waals surface area contributed by atoms with Crippen molar-refractivity contribution in [2.45, 2.75) is 72.0 Å². The van der Waals surface area contributed by atoms with Crippen molar-refractivity contribution in [1.82, 2.24) is 0 Å². The van der Waals surface area contributed by atoms with Gasteiger partial charge in [-0.25, -0.2) is 0 Å². The van der Waals surface area contributed by atoms with Crippen molar-refractivity contribution in [2.75, 3.05) is 6.61 Å². The van der Waals surface area contributed by atoms with Gasteiger partial charge in [0, 0.05) is 0 Å². The fraction of sp³-hybridized carbons (Fsp3) is 0.933. The first-order valence-electron chi connectivity index (χ1n) is 7.13. The van der Waals surface area contributed by atoms with Crippen LogP contribution in [0.5, 0.6) is 0 Å². The zero-order valence-electron chi connectivity index (χ0n) is 12.5. The maximum absolute atomic E-state index is 11.5. The number of hydrogen-bond donors (Lipinski definition) is 0. The number of carbonyl (C=O) groups excluding carboxylic acids is 1. The highest BCUT2D eigenvalue weighted by Gasteiger charge is 2.30. The molecule has 0 unspecified atom stereocenters. The van der Waals surface area contributed by atoms with Crippen molar-refractivity contribution in [1.29, 1.82) is 0 Å². The summed E-state index contributed by atoms with van der Waals surface area (Å²) in [7, 11) is 0. The molecule has 3 nitrogen and oxygen atoms in total. The average Bonchev–Trinajstić information content (AvgIpc) is 2.62. The Bertz CT molecular complexity index is 265. The van der Waals surface area contributed by atoms with Crippen molar-refractivity contribution in [3.8, 4) is 0 Å². The van der Waals surface area contributed by atoms with Crippen LogP contribution in [-0.2, 0) is 14.3 Å². The third-order valence-corrected chi connectivity index (χ3v) is 3.42. The molecular formula is C15H28O3. The Morgan fingerprint density at radius 2 is 1.94 bits per heavy atom. The standard InChI is InChI=1S/C15H28O3/c1-11(2)12-7-6-8-13(12)17-10-9-14(16)18-15(3,4)5/h11-13H,6-10H2,1-5H3/t12-,13+/m0/s1. The predicted octanol–water partition coefficient (Wildman–Crippen LogP) is 3.56. The van der Waals surface area contributed by atoms with Crippen LogP contribution in [0.1, 0.15) is 60.3 Å². The molecule has 0 N–H and O–H groups in total. The van der Waals surface area contributed by atoms with E-state index in [-0.39, 0.29) is 5.97 Å². The van der Waals surface area contributed by atoms with E-state index in [0.29, 0.717) is 31.0 Å². The molecule has 1 fully saturated rings. The maximum Gasteiger partial charge on any atom is 0.308 e. The lowest BCUT2D eigenvalue weighted by Gasteiger charge is -2.24.